The van der Waals surface area contributed by atoms with Crippen molar-refractivity contribution in [3.63, 3.8) is 0 Å². The largest absolute Gasteiger partial charge is 0.330 e. The molecule has 0 saturated heterocycles. The average Bonchev–Trinajstić information content (AvgIpc) is 2.85. The summed E-state index contributed by atoms with van der Waals surface area (Å²) < 4.78 is 2.28. The highest BCUT2D eigenvalue weighted by atomic mass is 32.2. The van der Waals surface area contributed by atoms with E-state index >= 15 is 0 Å². The van der Waals surface area contributed by atoms with E-state index in [4.69, 9.17) is 5.73 Å². The van der Waals surface area contributed by atoms with Gasteiger partial charge in [-0.1, -0.05) is 0 Å². The summed E-state index contributed by atoms with van der Waals surface area (Å²) in [5, 5.41) is 0.818. The minimum absolute atomic E-state index is 0.0841. The Morgan fingerprint density at radius 3 is 3.00 bits per heavy atom. The van der Waals surface area contributed by atoms with Crippen molar-refractivity contribution in [2.75, 3.05) is 6.26 Å². The van der Waals surface area contributed by atoms with E-state index in [0.717, 1.165) is 5.25 Å². The van der Waals surface area contributed by atoms with Crippen molar-refractivity contribution >= 4 is 11.8 Å². The lowest BCUT2D eigenvalue weighted by molar-refractivity contribution is 0.489. The lowest BCUT2D eigenvalue weighted by Gasteiger charge is -2.17. The van der Waals surface area contributed by atoms with Gasteiger partial charge >= 0.3 is 0 Å². The lowest BCUT2D eigenvalue weighted by Crippen LogP contribution is -2.15. The highest BCUT2D eigenvalue weighted by Crippen LogP contribution is 2.37. The second-order valence-corrected chi connectivity index (χ2v) is 5.48. The molecule has 0 aromatic carbocycles. The third-order valence-corrected chi connectivity index (χ3v) is 4.34. The first-order chi connectivity index (χ1) is 7.22. The van der Waals surface area contributed by atoms with Gasteiger partial charge in [0.25, 0.3) is 0 Å². The van der Waals surface area contributed by atoms with Crippen LogP contribution in [0.4, 0.5) is 0 Å². The van der Waals surface area contributed by atoms with E-state index < -0.39 is 0 Å². The summed E-state index contributed by atoms with van der Waals surface area (Å²) in [6.07, 6.45) is 9.89. The molecule has 1 aromatic heterocycles. The summed E-state index contributed by atoms with van der Waals surface area (Å²) in [6, 6.07) is 0.701. The monoisotopic (exact) mass is 225 g/mol. The van der Waals surface area contributed by atoms with Crippen molar-refractivity contribution in [3.8, 4) is 0 Å². The SMILES string of the molecule is CSC1CCC(n2cncc2[C@@H](C)N)C1. The number of nitrogens with zero attached hydrogens (tertiary/aromatic N) is 2. The normalized spacial score (nSPS) is 28.2. The Hall–Kier alpha value is -0.480. The fourth-order valence-corrected chi connectivity index (χ4v) is 3.14. The lowest BCUT2D eigenvalue weighted by atomic mass is 10.2. The zero-order valence-electron chi connectivity index (χ0n) is 9.39. The van der Waals surface area contributed by atoms with Crippen molar-refractivity contribution < 1.29 is 0 Å². The van der Waals surface area contributed by atoms with E-state index in [2.05, 4.69) is 15.8 Å². The number of thioether (sulfide) groups is 1. The van der Waals surface area contributed by atoms with Gasteiger partial charge in [0.05, 0.1) is 12.0 Å². The summed E-state index contributed by atoms with van der Waals surface area (Å²) >= 11 is 1.98. The van der Waals surface area contributed by atoms with Gasteiger partial charge in [-0.3, -0.25) is 0 Å². The molecule has 1 aliphatic carbocycles. The van der Waals surface area contributed by atoms with Crippen LogP contribution in [0.2, 0.25) is 0 Å². The van der Waals surface area contributed by atoms with Gasteiger partial charge in [-0.05, 0) is 32.4 Å². The number of hydrogen-bond acceptors (Lipinski definition) is 3. The predicted octanol–water partition coefficient (Wildman–Crippen LogP) is 2.36. The number of hydrogen-bond donors (Lipinski definition) is 1. The van der Waals surface area contributed by atoms with Crippen molar-refractivity contribution in [2.45, 2.75) is 43.5 Å². The van der Waals surface area contributed by atoms with Crippen molar-refractivity contribution in [2.24, 2.45) is 5.73 Å². The maximum atomic E-state index is 5.93. The van der Waals surface area contributed by atoms with Crippen molar-refractivity contribution in [3.05, 3.63) is 18.2 Å². The first-order valence-corrected chi connectivity index (χ1v) is 6.81. The maximum Gasteiger partial charge on any atom is 0.0951 e. The van der Waals surface area contributed by atoms with Crippen LogP contribution in [0, 0.1) is 0 Å². The molecule has 1 saturated carbocycles. The van der Waals surface area contributed by atoms with Crippen LogP contribution >= 0.6 is 11.8 Å². The highest BCUT2D eigenvalue weighted by Gasteiger charge is 2.26. The molecule has 0 aliphatic heterocycles. The second kappa shape index (κ2) is 4.58. The summed E-state index contributed by atoms with van der Waals surface area (Å²) in [4.78, 5) is 4.21. The predicted molar refractivity (Wildman–Crippen MR) is 65.0 cm³/mol. The molecule has 1 aromatic rings. The number of nitrogens with two attached hydrogens (primary N) is 1. The van der Waals surface area contributed by atoms with Crippen molar-refractivity contribution in [1.82, 2.24) is 9.55 Å². The molecule has 0 bridgehead atoms. The molecule has 1 aliphatic rings. The number of imidazole rings is 1. The van der Waals surface area contributed by atoms with Crippen LogP contribution < -0.4 is 5.73 Å². The molecule has 4 heteroatoms. The van der Waals surface area contributed by atoms with Crippen LogP contribution in [-0.2, 0) is 0 Å². The molecule has 3 nitrogen and oxygen atoms in total. The van der Waals surface area contributed by atoms with Crippen molar-refractivity contribution in [1.29, 1.82) is 0 Å². The van der Waals surface area contributed by atoms with E-state index in [-0.39, 0.29) is 6.04 Å². The van der Waals surface area contributed by atoms with E-state index in [1.165, 1.54) is 25.0 Å². The highest BCUT2D eigenvalue weighted by molar-refractivity contribution is 7.99. The standard InChI is InChI=1S/C11H19N3S/c1-8(12)11-6-13-7-14(11)9-3-4-10(5-9)15-2/h6-10H,3-5,12H2,1-2H3/t8-,9?,10?/m1/s1. The number of aromatic nitrogens is 2. The maximum absolute atomic E-state index is 5.93. The van der Waals surface area contributed by atoms with Crippen LogP contribution in [0.1, 0.15) is 44.0 Å². The Morgan fingerprint density at radius 1 is 1.60 bits per heavy atom. The van der Waals surface area contributed by atoms with Gasteiger partial charge in [0, 0.05) is 23.5 Å². The van der Waals surface area contributed by atoms with Crippen LogP contribution in [0.5, 0.6) is 0 Å². The summed E-state index contributed by atoms with van der Waals surface area (Å²) in [6.45, 7) is 2.02. The van der Waals surface area contributed by atoms with Gasteiger partial charge in [0.2, 0.25) is 0 Å². The molecule has 2 unspecified atom stereocenters. The Bertz CT molecular complexity index is 321. The van der Waals surface area contributed by atoms with E-state index in [1.54, 1.807) is 0 Å². The Labute approximate surface area is 95.4 Å². The first kappa shape index (κ1) is 11.0. The molecule has 1 fully saturated rings. The minimum atomic E-state index is 0.0841. The molecular weight excluding hydrogens is 206 g/mol. The van der Waals surface area contributed by atoms with Gasteiger partial charge in [-0.15, -0.1) is 0 Å². The number of rotatable bonds is 3. The molecule has 0 amide bonds. The molecule has 15 heavy (non-hydrogen) atoms. The zero-order valence-corrected chi connectivity index (χ0v) is 10.2. The summed E-state index contributed by atoms with van der Waals surface area (Å²) in [5.41, 5.74) is 7.10. The third kappa shape index (κ3) is 2.21. The second-order valence-electron chi connectivity index (χ2n) is 4.34. The Morgan fingerprint density at radius 2 is 2.40 bits per heavy atom. The molecule has 2 rings (SSSR count). The van der Waals surface area contributed by atoms with Gasteiger partial charge in [0.15, 0.2) is 0 Å². The van der Waals surface area contributed by atoms with Gasteiger partial charge in [0.1, 0.15) is 0 Å². The molecular formula is C11H19N3S. The average molecular weight is 225 g/mol. The molecule has 3 atom stereocenters. The molecule has 0 radical (unpaired) electrons. The van der Waals surface area contributed by atoms with Gasteiger partial charge in [-0.2, -0.15) is 11.8 Å². The van der Waals surface area contributed by atoms with E-state index in [1.807, 2.05) is 31.2 Å². The quantitative estimate of drug-likeness (QED) is 0.859. The molecule has 84 valence electrons. The fraction of sp³-hybridized carbons (Fsp3) is 0.727. The molecule has 2 N–H and O–H groups in total. The molecule has 0 spiro atoms. The summed E-state index contributed by atoms with van der Waals surface area (Å²) in [7, 11) is 0. The van der Waals surface area contributed by atoms with Crippen LogP contribution in [0.15, 0.2) is 12.5 Å². The fourth-order valence-electron chi connectivity index (χ4n) is 2.36. The van der Waals surface area contributed by atoms with E-state index in [0.29, 0.717) is 6.04 Å². The van der Waals surface area contributed by atoms with Gasteiger partial charge in [-0.25, -0.2) is 4.98 Å². The minimum Gasteiger partial charge on any atom is -0.330 e. The zero-order chi connectivity index (χ0) is 10.8. The Balaban J connectivity index is 2.13. The summed E-state index contributed by atoms with van der Waals surface area (Å²) in [5.74, 6) is 0. The third-order valence-electron chi connectivity index (χ3n) is 3.25. The smallest absolute Gasteiger partial charge is 0.0951 e. The van der Waals surface area contributed by atoms with Crippen LogP contribution in [0.25, 0.3) is 0 Å². The molecule has 1 heterocycles. The van der Waals surface area contributed by atoms with Crippen LogP contribution in [0.3, 0.4) is 0 Å². The Kier molecular flexibility index (Phi) is 3.36. The first-order valence-electron chi connectivity index (χ1n) is 5.52. The van der Waals surface area contributed by atoms with Crippen LogP contribution in [-0.4, -0.2) is 21.1 Å². The van der Waals surface area contributed by atoms with E-state index in [9.17, 15) is 0 Å². The topological polar surface area (TPSA) is 43.8 Å². The van der Waals surface area contributed by atoms with Gasteiger partial charge < -0.3 is 10.3 Å².